The van der Waals surface area contributed by atoms with Crippen molar-refractivity contribution in [3.63, 3.8) is 0 Å². The zero-order chi connectivity index (χ0) is 13.7. The molecule has 0 saturated carbocycles. The van der Waals surface area contributed by atoms with Crippen LogP contribution in [0.4, 0.5) is 0 Å². The summed E-state index contributed by atoms with van der Waals surface area (Å²) >= 11 is 6.18. The van der Waals surface area contributed by atoms with E-state index in [0.717, 1.165) is 23.7 Å². The number of hydrogen-bond acceptors (Lipinski definition) is 3. The number of rotatable bonds is 6. The van der Waals surface area contributed by atoms with Crippen molar-refractivity contribution in [3.05, 3.63) is 34.3 Å². The van der Waals surface area contributed by atoms with Gasteiger partial charge in [0.15, 0.2) is 0 Å². The van der Waals surface area contributed by atoms with E-state index in [0.29, 0.717) is 6.54 Å². The Morgan fingerprint density at radius 1 is 1.22 bits per heavy atom. The molecule has 1 atom stereocenters. The minimum atomic E-state index is 0.225. The molecule has 1 unspecified atom stereocenters. The van der Waals surface area contributed by atoms with Gasteiger partial charge in [-0.15, -0.1) is 0 Å². The fourth-order valence-electron chi connectivity index (χ4n) is 1.90. The van der Waals surface area contributed by atoms with Crippen LogP contribution in [0.5, 0.6) is 0 Å². The van der Waals surface area contributed by atoms with Crippen LogP contribution in [-0.2, 0) is 0 Å². The Hall–Kier alpha value is -0.610. The van der Waals surface area contributed by atoms with Crippen molar-refractivity contribution in [1.29, 1.82) is 0 Å². The first-order valence-electron chi connectivity index (χ1n) is 6.26. The quantitative estimate of drug-likeness (QED) is 0.859. The molecule has 0 heterocycles. The molecule has 0 amide bonds. The third kappa shape index (κ3) is 4.25. The summed E-state index contributed by atoms with van der Waals surface area (Å²) in [6, 6.07) is 6.43. The minimum absolute atomic E-state index is 0.225. The molecule has 0 radical (unpaired) electrons. The van der Waals surface area contributed by atoms with Gasteiger partial charge in [-0.25, -0.2) is 0 Å². The van der Waals surface area contributed by atoms with Gasteiger partial charge >= 0.3 is 0 Å². The number of nitrogens with zero attached hydrogens (tertiary/aromatic N) is 2. The molecule has 3 nitrogen and oxygen atoms in total. The summed E-state index contributed by atoms with van der Waals surface area (Å²) in [7, 11) is 6.26. The summed E-state index contributed by atoms with van der Waals surface area (Å²) in [6.45, 7) is 4.62. The molecule has 0 saturated heterocycles. The highest BCUT2D eigenvalue weighted by Gasteiger charge is 2.16. The van der Waals surface area contributed by atoms with E-state index >= 15 is 0 Å². The van der Waals surface area contributed by atoms with E-state index in [9.17, 15) is 0 Å². The third-order valence-electron chi connectivity index (χ3n) is 3.24. The molecule has 2 N–H and O–H groups in total. The maximum Gasteiger partial charge on any atom is 0.0468 e. The molecule has 0 fully saturated rings. The van der Waals surface area contributed by atoms with Gasteiger partial charge in [-0.05, 0) is 45.3 Å². The van der Waals surface area contributed by atoms with Gasteiger partial charge in [-0.2, -0.15) is 0 Å². The molecule has 102 valence electrons. The lowest BCUT2D eigenvalue weighted by atomic mass is 10.0. The van der Waals surface area contributed by atoms with Crippen molar-refractivity contribution in [2.45, 2.75) is 13.0 Å². The van der Waals surface area contributed by atoms with Gasteiger partial charge in [0.2, 0.25) is 0 Å². The van der Waals surface area contributed by atoms with Crippen LogP contribution in [0.25, 0.3) is 0 Å². The summed E-state index contributed by atoms with van der Waals surface area (Å²) in [6.07, 6.45) is 0. The zero-order valence-electron chi connectivity index (χ0n) is 11.8. The van der Waals surface area contributed by atoms with Gasteiger partial charge < -0.3 is 10.6 Å². The monoisotopic (exact) mass is 269 g/mol. The summed E-state index contributed by atoms with van der Waals surface area (Å²) in [5.74, 6) is 0. The van der Waals surface area contributed by atoms with Crippen LogP contribution in [0, 0.1) is 6.92 Å². The van der Waals surface area contributed by atoms with Crippen molar-refractivity contribution >= 4 is 11.6 Å². The van der Waals surface area contributed by atoms with E-state index < -0.39 is 0 Å². The first kappa shape index (κ1) is 15.4. The average molecular weight is 270 g/mol. The van der Waals surface area contributed by atoms with Crippen molar-refractivity contribution in [3.8, 4) is 0 Å². The lowest BCUT2D eigenvalue weighted by Gasteiger charge is -2.28. The average Bonchev–Trinajstić information content (AvgIpc) is 2.32. The highest BCUT2D eigenvalue weighted by Crippen LogP contribution is 2.24. The minimum Gasteiger partial charge on any atom is -0.329 e. The molecule has 0 aliphatic rings. The molecule has 0 aliphatic carbocycles. The van der Waals surface area contributed by atoms with Gasteiger partial charge in [-0.1, -0.05) is 23.7 Å². The molecule has 4 heteroatoms. The van der Waals surface area contributed by atoms with Crippen LogP contribution < -0.4 is 5.73 Å². The second-order valence-electron chi connectivity index (χ2n) is 5.04. The first-order chi connectivity index (χ1) is 8.45. The number of aryl methyl sites for hydroxylation is 1. The number of likely N-dealkylation sites (N-methyl/N-ethyl adjacent to an activating group) is 2. The topological polar surface area (TPSA) is 32.5 Å². The van der Waals surface area contributed by atoms with Gasteiger partial charge in [0.25, 0.3) is 0 Å². The van der Waals surface area contributed by atoms with Crippen LogP contribution in [0.1, 0.15) is 17.2 Å². The molecule has 1 aromatic carbocycles. The van der Waals surface area contributed by atoms with Crippen molar-refractivity contribution < 1.29 is 0 Å². The van der Waals surface area contributed by atoms with E-state index in [-0.39, 0.29) is 6.04 Å². The van der Waals surface area contributed by atoms with Crippen molar-refractivity contribution in [1.82, 2.24) is 9.80 Å². The van der Waals surface area contributed by atoms with E-state index in [1.807, 2.05) is 13.0 Å². The third-order valence-corrected chi connectivity index (χ3v) is 3.64. The van der Waals surface area contributed by atoms with Crippen LogP contribution >= 0.6 is 11.6 Å². The predicted molar refractivity (Wildman–Crippen MR) is 79.2 cm³/mol. The Kier molecular flexibility index (Phi) is 6.09. The normalized spacial score (nSPS) is 13.3. The van der Waals surface area contributed by atoms with Gasteiger partial charge in [0.1, 0.15) is 0 Å². The van der Waals surface area contributed by atoms with Gasteiger partial charge in [0, 0.05) is 30.7 Å². The van der Waals surface area contributed by atoms with Crippen LogP contribution in [0.2, 0.25) is 5.02 Å². The smallest absolute Gasteiger partial charge is 0.0468 e. The van der Waals surface area contributed by atoms with Crippen LogP contribution in [-0.4, -0.2) is 50.6 Å². The van der Waals surface area contributed by atoms with Crippen molar-refractivity contribution in [2.75, 3.05) is 40.8 Å². The molecule has 0 spiro atoms. The lowest BCUT2D eigenvalue weighted by molar-refractivity contribution is 0.223. The maximum absolute atomic E-state index is 6.18. The largest absolute Gasteiger partial charge is 0.329 e. The molecule has 0 bridgehead atoms. The van der Waals surface area contributed by atoms with Crippen LogP contribution in [0.3, 0.4) is 0 Å². The molecule has 18 heavy (non-hydrogen) atoms. The fraction of sp³-hybridized carbons (Fsp3) is 0.571. The second-order valence-corrected chi connectivity index (χ2v) is 5.45. The highest BCUT2D eigenvalue weighted by molar-refractivity contribution is 6.31. The fourth-order valence-corrected chi connectivity index (χ4v) is 2.09. The van der Waals surface area contributed by atoms with E-state index in [1.54, 1.807) is 0 Å². The molecule has 0 aromatic heterocycles. The Morgan fingerprint density at radius 2 is 1.89 bits per heavy atom. The summed E-state index contributed by atoms with van der Waals surface area (Å²) < 4.78 is 0. The SMILES string of the molecule is Cc1ccc(C(CN)N(C)CCN(C)C)cc1Cl. The van der Waals surface area contributed by atoms with E-state index in [4.69, 9.17) is 17.3 Å². The highest BCUT2D eigenvalue weighted by atomic mass is 35.5. The van der Waals surface area contributed by atoms with Crippen molar-refractivity contribution in [2.24, 2.45) is 5.73 Å². The Balaban J connectivity index is 2.78. The van der Waals surface area contributed by atoms with E-state index in [2.05, 4.69) is 43.1 Å². The first-order valence-corrected chi connectivity index (χ1v) is 6.64. The summed E-state index contributed by atoms with van der Waals surface area (Å²) in [5.41, 5.74) is 8.19. The standard InChI is InChI=1S/C14H24ClN3/c1-11-5-6-12(9-13(11)15)14(10-16)18(4)8-7-17(2)3/h5-6,9,14H,7-8,10,16H2,1-4H3. The Bertz CT molecular complexity index is 379. The summed E-state index contributed by atoms with van der Waals surface area (Å²) in [4.78, 5) is 4.45. The van der Waals surface area contributed by atoms with Gasteiger partial charge in [0.05, 0.1) is 0 Å². The Labute approximate surface area is 116 Å². The van der Waals surface area contributed by atoms with Crippen LogP contribution in [0.15, 0.2) is 18.2 Å². The number of hydrogen-bond donors (Lipinski definition) is 1. The Morgan fingerprint density at radius 3 is 2.39 bits per heavy atom. The molecular weight excluding hydrogens is 246 g/mol. The summed E-state index contributed by atoms with van der Waals surface area (Å²) in [5, 5.41) is 0.812. The lowest BCUT2D eigenvalue weighted by Crippen LogP contribution is -2.35. The second kappa shape index (κ2) is 7.10. The predicted octanol–water partition coefficient (Wildman–Crippen LogP) is 2.14. The maximum atomic E-state index is 6.18. The zero-order valence-corrected chi connectivity index (χ0v) is 12.5. The van der Waals surface area contributed by atoms with Gasteiger partial charge in [-0.3, -0.25) is 4.90 Å². The number of halogens is 1. The van der Waals surface area contributed by atoms with E-state index in [1.165, 1.54) is 5.56 Å². The number of benzene rings is 1. The molecule has 1 aromatic rings. The number of nitrogens with two attached hydrogens (primary N) is 1. The molecule has 1 rings (SSSR count). The molecular formula is C14H24ClN3. The molecule has 0 aliphatic heterocycles.